The molecule has 1 aromatic carbocycles. The van der Waals surface area contributed by atoms with Gasteiger partial charge in [-0.15, -0.1) is 0 Å². The van der Waals surface area contributed by atoms with Crippen LogP contribution in [0, 0.1) is 6.92 Å². The predicted molar refractivity (Wildman–Crippen MR) is 82.6 cm³/mol. The molecule has 0 aliphatic carbocycles. The van der Waals surface area contributed by atoms with Gasteiger partial charge in [-0.3, -0.25) is 0 Å². The molecule has 1 aromatic heterocycles. The number of benzene rings is 1. The Bertz CT molecular complexity index is 576. The van der Waals surface area contributed by atoms with Crippen molar-refractivity contribution in [1.29, 1.82) is 0 Å². The molecular formula is C16H20N4. The first kappa shape index (κ1) is 12.9. The van der Waals surface area contributed by atoms with Gasteiger partial charge in [-0.05, 0) is 37.8 Å². The number of hydrogen-bond acceptors (Lipinski definition) is 4. The van der Waals surface area contributed by atoms with Gasteiger partial charge >= 0.3 is 0 Å². The van der Waals surface area contributed by atoms with Gasteiger partial charge in [0, 0.05) is 24.8 Å². The van der Waals surface area contributed by atoms with Crippen LogP contribution in [-0.2, 0) is 0 Å². The molecule has 0 amide bonds. The molecule has 2 heterocycles. The first-order valence-corrected chi connectivity index (χ1v) is 7.22. The summed E-state index contributed by atoms with van der Waals surface area (Å²) >= 11 is 0. The molecule has 4 heteroatoms. The fraction of sp³-hybridized carbons (Fsp3) is 0.375. The Balaban J connectivity index is 1.79. The summed E-state index contributed by atoms with van der Waals surface area (Å²) < 4.78 is 0. The second-order valence-electron chi connectivity index (χ2n) is 5.25. The molecule has 0 bridgehead atoms. The molecule has 1 aliphatic rings. The standard InChI is InChI=1S/C16H20N4/c1-13-7-3-4-8-14(13)19-15-11-16(18-12-17-15)20-9-5-2-6-10-20/h3-4,7-8,11-12H,2,5-6,9-10H2,1H3,(H,17,18,19). The first-order chi connectivity index (χ1) is 9.83. The zero-order chi connectivity index (χ0) is 13.8. The van der Waals surface area contributed by atoms with Gasteiger partial charge in [0.1, 0.15) is 18.0 Å². The van der Waals surface area contributed by atoms with Gasteiger partial charge < -0.3 is 10.2 Å². The van der Waals surface area contributed by atoms with Crippen LogP contribution in [0.4, 0.5) is 17.3 Å². The predicted octanol–water partition coefficient (Wildman–Crippen LogP) is 3.52. The van der Waals surface area contributed by atoms with Crippen molar-refractivity contribution < 1.29 is 0 Å². The molecule has 1 N–H and O–H groups in total. The molecule has 1 fully saturated rings. The van der Waals surface area contributed by atoms with Gasteiger partial charge in [-0.25, -0.2) is 9.97 Å². The van der Waals surface area contributed by atoms with E-state index >= 15 is 0 Å². The second-order valence-corrected chi connectivity index (χ2v) is 5.25. The lowest BCUT2D eigenvalue weighted by molar-refractivity contribution is 0.573. The SMILES string of the molecule is Cc1ccccc1Nc1cc(N2CCCCC2)ncn1. The van der Waals surface area contributed by atoms with Crippen molar-refractivity contribution in [1.82, 2.24) is 9.97 Å². The minimum absolute atomic E-state index is 0.856. The Morgan fingerprint density at radius 2 is 1.85 bits per heavy atom. The number of anilines is 3. The Kier molecular flexibility index (Phi) is 3.81. The van der Waals surface area contributed by atoms with Crippen LogP contribution in [0.3, 0.4) is 0 Å². The minimum Gasteiger partial charge on any atom is -0.356 e. The van der Waals surface area contributed by atoms with E-state index in [1.165, 1.54) is 24.8 Å². The zero-order valence-corrected chi connectivity index (χ0v) is 11.8. The highest BCUT2D eigenvalue weighted by atomic mass is 15.2. The molecule has 0 radical (unpaired) electrons. The van der Waals surface area contributed by atoms with Gasteiger partial charge in [-0.2, -0.15) is 0 Å². The number of aromatic nitrogens is 2. The number of aryl methyl sites for hydroxylation is 1. The first-order valence-electron chi connectivity index (χ1n) is 7.22. The fourth-order valence-electron chi connectivity index (χ4n) is 2.56. The van der Waals surface area contributed by atoms with Gasteiger partial charge in [0.15, 0.2) is 0 Å². The normalized spacial score (nSPS) is 15.2. The summed E-state index contributed by atoms with van der Waals surface area (Å²) in [5.74, 6) is 1.88. The maximum atomic E-state index is 4.40. The van der Waals surface area contributed by atoms with Crippen molar-refractivity contribution in [3.8, 4) is 0 Å². The van der Waals surface area contributed by atoms with E-state index in [0.717, 1.165) is 30.4 Å². The number of rotatable bonds is 3. The smallest absolute Gasteiger partial charge is 0.135 e. The number of nitrogens with zero attached hydrogens (tertiary/aromatic N) is 3. The average Bonchev–Trinajstić information content (AvgIpc) is 2.51. The van der Waals surface area contributed by atoms with Gasteiger partial charge in [0.25, 0.3) is 0 Å². The Labute approximate surface area is 119 Å². The monoisotopic (exact) mass is 268 g/mol. The molecule has 0 saturated carbocycles. The molecule has 1 saturated heterocycles. The molecule has 0 unspecified atom stereocenters. The van der Waals surface area contributed by atoms with E-state index in [1.807, 2.05) is 18.2 Å². The van der Waals surface area contributed by atoms with Crippen molar-refractivity contribution in [2.75, 3.05) is 23.3 Å². The topological polar surface area (TPSA) is 41.0 Å². The van der Waals surface area contributed by atoms with Crippen LogP contribution < -0.4 is 10.2 Å². The Hall–Kier alpha value is -2.10. The van der Waals surface area contributed by atoms with Crippen LogP contribution in [-0.4, -0.2) is 23.1 Å². The second kappa shape index (κ2) is 5.90. The van der Waals surface area contributed by atoms with Crippen molar-refractivity contribution in [2.24, 2.45) is 0 Å². The van der Waals surface area contributed by atoms with Gasteiger partial charge in [-0.1, -0.05) is 18.2 Å². The fourth-order valence-corrected chi connectivity index (χ4v) is 2.56. The van der Waals surface area contributed by atoms with Crippen LogP contribution >= 0.6 is 0 Å². The molecule has 1 aliphatic heterocycles. The van der Waals surface area contributed by atoms with Crippen molar-refractivity contribution in [2.45, 2.75) is 26.2 Å². The van der Waals surface area contributed by atoms with E-state index in [2.05, 4.69) is 39.2 Å². The zero-order valence-electron chi connectivity index (χ0n) is 11.8. The largest absolute Gasteiger partial charge is 0.356 e. The van der Waals surface area contributed by atoms with E-state index in [9.17, 15) is 0 Å². The summed E-state index contributed by atoms with van der Waals surface area (Å²) in [4.78, 5) is 11.1. The summed E-state index contributed by atoms with van der Waals surface area (Å²) in [7, 11) is 0. The molecule has 4 nitrogen and oxygen atoms in total. The number of hydrogen-bond donors (Lipinski definition) is 1. The Morgan fingerprint density at radius 1 is 1.05 bits per heavy atom. The third-order valence-electron chi connectivity index (χ3n) is 3.74. The molecular weight excluding hydrogens is 248 g/mol. The lowest BCUT2D eigenvalue weighted by atomic mass is 10.1. The van der Waals surface area contributed by atoms with Crippen molar-refractivity contribution >= 4 is 17.3 Å². The molecule has 2 aromatic rings. The van der Waals surface area contributed by atoms with E-state index in [-0.39, 0.29) is 0 Å². The summed E-state index contributed by atoms with van der Waals surface area (Å²) in [6.45, 7) is 4.29. The third kappa shape index (κ3) is 2.90. The number of piperidine rings is 1. The lowest BCUT2D eigenvalue weighted by Crippen LogP contribution is -2.30. The summed E-state index contributed by atoms with van der Waals surface area (Å²) in [6.07, 6.45) is 5.48. The van der Waals surface area contributed by atoms with E-state index in [1.54, 1.807) is 6.33 Å². The highest BCUT2D eigenvalue weighted by Gasteiger charge is 2.12. The maximum Gasteiger partial charge on any atom is 0.135 e. The summed E-state index contributed by atoms with van der Waals surface area (Å²) in [5, 5.41) is 3.37. The van der Waals surface area contributed by atoms with E-state index in [4.69, 9.17) is 0 Å². The van der Waals surface area contributed by atoms with E-state index in [0.29, 0.717) is 0 Å². The van der Waals surface area contributed by atoms with Crippen molar-refractivity contribution in [3.63, 3.8) is 0 Å². The third-order valence-corrected chi connectivity index (χ3v) is 3.74. The number of nitrogens with one attached hydrogen (secondary N) is 1. The summed E-state index contributed by atoms with van der Waals surface area (Å²) in [5.41, 5.74) is 2.31. The molecule has 3 rings (SSSR count). The minimum atomic E-state index is 0.856. The Morgan fingerprint density at radius 3 is 2.65 bits per heavy atom. The maximum absolute atomic E-state index is 4.40. The lowest BCUT2D eigenvalue weighted by Gasteiger charge is -2.27. The number of para-hydroxylation sites is 1. The van der Waals surface area contributed by atoms with Crippen LogP contribution in [0.25, 0.3) is 0 Å². The highest BCUT2D eigenvalue weighted by Crippen LogP contribution is 2.22. The summed E-state index contributed by atoms with van der Waals surface area (Å²) in [6, 6.07) is 10.3. The molecule has 20 heavy (non-hydrogen) atoms. The van der Waals surface area contributed by atoms with Crippen molar-refractivity contribution in [3.05, 3.63) is 42.2 Å². The average molecular weight is 268 g/mol. The molecule has 104 valence electrons. The van der Waals surface area contributed by atoms with Gasteiger partial charge in [0.2, 0.25) is 0 Å². The van der Waals surface area contributed by atoms with Crippen LogP contribution in [0.1, 0.15) is 24.8 Å². The highest BCUT2D eigenvalue weighted by molar-refractivity contribution is 5.62. The van der Waals surface area contributed by atoms with Crippen LogP contribution in [0.15, 0.2) is 36.7 Å². The molecule has 0 atom stereocenters. The molecule has 0 spiro atoms. The van der Waals surface area contributed by atoms with E-state index < -0.39 is 0 Å². The quantitative estimate of drug-likeness (QED) is 0.924. The van der Waals surface area contributed by atoms with Gasteiger partial charge in [0.05, 0.1) is 0 Å². The van der Waals surface area contributed by atoms with Crippen LogP contribution in [0.2, 0.25) is 0 Å². The van der Waals surface area contributed by atoms with Crippen LogP contribution in [0.5, 0.6) is 0 Å².